The third-order valence-corrected chi connectivity index (χ3v) is 10.2. The van der Waals surface area contributed by atoms with E-state index in [9.17, 15) is 0 Å². The molecule has 0 N–H and O–H groups in total. The van der Waals surface area contributed by atoms with Crippen LogP contribution in [-0.2, 0) is 0 Å². The van der Waals surface area contributed by atoms with E-state index in [0.717, 1.165) is 83.8 Å². The SMILES string of the molecule is c1ccc(-c2cccc(-c3nc(-c4ccccc4)nc(-c4ccc5c(c4)-c4ccccc4Oc4ccccc4-c4ccccc4-c4ccccc4-5)n3)c2)cc1. The van der Waals surface area contributed by atoms with E-state index in [-0.39, 0.29) is 0 Å². The Morgan fingerprint density at radius 3 is 1.20 bits per heavy atom. The molecule has 258 valence electrons. The van der Waals surface area contributed by atoms with Crippen molar-refractivity contribution in [2.24, 2.45) is 0 Å². The number of aromatic nitrogens is 3. The first kappa shape index (κ1) is 32.2. The predicted molar refractivity (Wildman–Crippen MR) is 223 cm³/mol. The Morgan fingerprint density at radius 1 is 0.236 bits per heavy atom. The van der Waals surface area contributed by atoms with Gasteiger partial charge in [0.15, 0.2) is 17.5 Å². The van der Waals surface area contributed by atoms with Gasteiger partial charge in [-0.05, 0) is 68.8 Å². The van der Waals surface area contributed by atoms with Crippen LogP contribution in [-0.4, -0.2) is 15.0 Å². The van der Waals surface area contributed by atoms with Gasteiger partial charge in [-0.3, -0.25) is 0 Å². The van der Waals surface area contributed by atoms with Gasteiger partial charge in [-0.15, -0.1) is 0 Å². The molecule has 1 aliphatic heterocycles. The van der Waals surface area contributed by atoms with Crippen LogP contribution in [0.5, 0.6) is 11.5 Å². The first-order valence-electron chi connectivity index (χ1n) is 18.4. The number of para-hydroxylation sites is 2. The molecule has 0 aliphatic carbocycles. The van der Waals surface area contributed by atoms with Gasteiger partial charge in [0.25, 0.3) is 0 Å². The Labute approximate surface area is 320 Å². The van der Waals surface area contributed by atoms with Crippen molar-refractivity contribution in [3.05, 3.63) is 200 Å². The molecule has 4 nitrogen and oxygen atoms in total. The van der Waals surface area contributed by atoms with Crippen molar-refractivity contribution in [1.29, 1.82) is 0 Å². The second-order valence-electron chi connectivity index (χ2n) is 13.6. The molecular weight excluding hydrogens is 671 g/mol. The average Bonchev–Trinajstić information content (AvgIpc) is 3.28. The minimum Gasteiger partial charge on any atom is -0.456 e. The summed E-state index contributed by atoms with van der Waals surface area (Å²) in [6, 6.07) is 69.3. The highest BCUT2D eigenvalue weighted by atomic mass is 16.5. The molecule has 0 radical (unpaired) electrons. The molecule has 0 saturated carbocycles. The summed E-state index contributed by atoms with van der Waals surface area (Å²) in [5.74, 6) is 3.38. The number of hydrogen-bond acceptors (Lipinski definition) is 4. The Bertz CT molecular complexity index is 2850. The van der Waals surface area contributed by atoms with Crippen molar-refractivity contribution in [3.63, 3.8) is 0 Å². The lowest BCUT2D eigenvalue weighted by molar-refractivity contribution is 0.486. The molecule has 0 fully saturated rings. The van der Waals surface area contributed by atoms with Crippen LogP contribution in [0.1, 0.15) is 0 Å². The van der Waals surface area contributed by atoms with Crippen LogP contribution in [0.2, 0.25) is 0 Å². The zero-order valence-electron chi connectivity index (χ0n) is 29.8. The predicted octanol–water partition coefficient (Wildman–Crippen LogP) is 13.3. The molecule has 0 bridgehead atoms. The summed E-state index contributed by atoms with van der Waals surface area (Å²) >= 11 is 0. The van der Waals surface area contributed by atoms with Crippen molar-refractivity contribution in [3.8, 4) is 101 Å². The summed E-state index contributed by atoms with van der Waals surface area (Å²) in [6.45, 7) is 0. The second-order valence-corrected chi connectivity index (χ2v) is 13.6. The van der Waals surface area contributed by atoms with E-state index in [1.807, 2.05) is 60.7 Å². The molecule has 0 amide bonds. The van der Waals surface area contributed by atoms with E-state index in [2.05, 4.69) is 140 Å². The van der Waals surface area contributed by atoms with Gasteiger partial charge < -0.3 is 4.74 Å². The number of nitrogens with zero attached hydrogens (tertiary/aromatic N) is 3. The Balaban J connectivity index is 1.21. The van der Waals surface area contributed by atoms with E-state index in [4.69, 9.17) is 19.7 Å². The van der Waals surface area contributed by atoms with Crippen molar-refractivity contribution in [1.82, 2.24) is 15.0 Å². The van der Waals surface area contributed by atoms with Crippen LogP contribution >= 0.6 is 0 Å². The van der Waals surface area contributed by atoms with Crippen LogP contribution in [0.25, 0.3) is 89.8 Å². The summed E-state index contributed by atoms with van der Waals surface area (Å²) in [5.41, 5.74) is 13.6. The van der Waals surface area contributed by atoms with Crippen LogP contribution in [0.15, 0.2) is 200 Å². The van der Waals surface area contributed by atoms with Crippen LogP contribution in [0, 0.1) is 0 Å². The fraction of sp³-hybridized carbons (Fsp3) is 0. The zero-order chi connectivity index (χ0) is 36.6. The van der Waals surface area contributed by atoms with Gasteiger partial charge in [0, 0.05) is 27.8 Å². The third-order valence-electron chi connectivity index (χ3n) is 10.2. The molecule has 0 saturated heterocycles. The van der Waals surface area contributed by atoms with Gasteiger partial charge in [-0.1, -0.05) is 176 Å². The van der Waals surface area contributed by atoms with E-state index in [1.54, 1.807) is 0 Å². The summed E-state index contributed by atoms with van der Waals surface area (Å²) in [4.78, 5) is 15.4. The number of rotatable bonds is 4. The molecule has 0 atom stereocenters. The monoisotopic (exact) mass is 703 g/mol. The molecule has 55 heavy (non-hydrogen) atoms. The lowest BCUT2D eigenvalue weighted by Gasteiger charge is -2.18. The summed E-state index contributed by atoms with van der Waals surface area (Å²) in [7, 11) is 0. The third kappa shape index (κ3) is 6.06. The van der Waals surface area contributed by atoms with Gasteiger partial charge in [0.05, 0.1) is 0 Å². The van der Waals surface area contributed by atoms with E-state index in [0.29, 0.717) is 17.5 Å². The molecule has 1 aliphatic rings. The van der Waals surface area contributed by atoms with E-state index >= 15 is 0 Å². The van der Waals surface area contributed by atoms with Crippen molar-refractivity contribution in [2.75, 3.05) is 0 Å². The highest BCUT2D eigenvalue weighted by Crippen LogP contribution is 2.48. The Hall–Kier alpha value is -7.43. The van der Waals surface area contributed by atoms with Crippen LogP contribution < -0.4 is 4.74 Å². The first-order chi connectivity index (χ1) is 27.3. The lowest BCUT2D eigenvalue weighted by Crippen LogP contribution is -2.01. The fourth-order valence-corrected chi connectivity index (χ4v) is 7.54. The van der Waals surface area contributed by atoms with Crippen LogP contribution in [0.3, 0.4) is 0 Å². The lowest BCUT2D eigenvalue weighted by atomic mass is 9.86. The molecule has 1 aromatic heterocycles. The normalized spacial score (nSPS) is 11.4. The standard InChI is InChI=1S/C51H33N3O/c1-3-16-34(17-4-1)36-20-15-21-37(32-36)50-52-49(35-18-5-2-6-19-35)53-51(54-50)38-30-31-43-41-24-8-7-22-39(41)40-23-9-10-25-42(40)44-26-11-13-28-47(44)55-48-29-14-12-27-45(48)46(43)33-38/h1-33H. The maximum Gasteiger partial charge on any atom is 0.164 e. The highest BCUT2D eigenvalue weighted by molar-refractivity contribution is 5.98. The summed E-state index contributed by atoms with van der Waals surface area (Å²) < 4.78 is 6.89. The van der Waals surface area contributed by atoms with Gasteiger partial charge in [0.1, 0.15) is 11.5 Å². The van der Waals surface area contributed by atoms with Gasteiger partial charge in [-0.25, -0.2) is 15.0 Å². The van der Waals surface area contributed by atoms with E-state index in [1.165, 1.54) is 0 Å². The smallest absolute Gasteiger partial charge is 0.164 e. The van der Waals surface area contributed by atoms with Crippen LogP contribution in [0.4, 0.5) is 0 Å². The highest BCUT2D eigenvalue weighted by Gasteiger charge is 2.22. The van der Waals surface area contributed by atoms with E-state index < -0.39 is 0 Å². The zero-order valence-corrected chi connectivity index (χ0v) is 29.8. The molecule has 0 unspecified atom stereocenters. The average molecular weight is 704 g/mol. The van der Waals surface area contributed by atoms with Crippen molar-refractivity contribution < 1.29 is 4.74 Å². The largest absolute Gasteiger partial charge is 0.456 e. The molecule has 0 spiro atoms. The minimum atomic E-state index is 0.591. The fourth-order valence-electron chi connectivity index (χ4n) is 7.54. The topological polar surface area (TPSA) is 47.9 Å². The number of hydrogen-bond donors (Lipinski definition) is 0. The van der Waals surface area contributed by atoms with Crippen molar-refractivity contribution in [2.45, 2.75) is 0 Å². The Morgan fingerprint density at radius 2 is 0.618 bits per heavy atom. The summed E-state index contributed by atoms with van der Waals surface area (Å²) in [5, 5.41) is 0. The Kier molecular flexibility index (Phi) is 8.12. The second kappa shape index (κ2) is 13.8. The molecule has 8 aromatic carbocycles. The molecule has 4 heteroatoms. The molecule has 9 aromatic rings. The summed E-state index contributed by atoms with van der Waals surface area (Å²) in [6.07, 6.45) is 0. The molecule has 2 heterocycles. The number of ether oxygens (including phenoxy) is 1. The van der Waals surface area contributed by atoms with Gasteiger partial charge in [-0.2, -0.15) is 0 Å². The number of benzene rings is 8. The quantitative estimate of drug-likeness (QED) is 0.183. The molecule has 10 rings (SSSR count). The maximum atomic E-state index is 6.89. The maximum absolute atomic E-state index is 6.89. The minimum absolute atomic E-state index is 0.591. The van der Waals surface area contributed by atoms with Crippen molar-refractivity contribution >= 4 is 0 Å². The first-order valence-corrected chi connectivity index (χ1v) is 18.4. The van der Waals surface area contributed by atoms with Gasteiger partial charge >= 0.3 is 0 Å². The number of fused-ring (bicyclic) bond motifs is 9. The van der Waals surface area contributed by atoms with Gasteiger partial charge in [0.2, 0.25) is 0 Å². The molecular formula is C51H33N3O.